The van der Waals surface area contributed by atoms with Crippen molar-refractivity contribution in [2.75, 3.05) is 14.2 Å². The molecule has 3 aromatic rings. The summed E-state index contributed by atoms with van der Waals surface area (Å²) < 4.78 is 12.4. The van der Waals surface area contributed by atoms with E-state index in [1.165, 1.54) is 0 Å². The molecule has 1 N–H and O–H groups in total. The van der Waals surface area contributed by atoms with Gasteiger partial charge >= 0.3 is 0 Å². The van der Waals surface area contributed by atoms with Crippen molar-refractivity contribution >= 4 is 23.2 Å². The molecule has 1 aromatic carbocycles. The third-order valence-electron chi connectivity index (χ3n) is 4.04. The standard InChI is InChI=1S/C19H20ClN3O3/c1-25-16-5-6-17(26-2)13(9-16)3-8-19(24)21-10-15-12-23-11-14(20)4-7-18(23)22-15/h4-7,9,11-12H,3,8,10H2,1-2H3,(H,21,24). The highest BCUT2D eigenvalue weighted by molar-refractivity contribution is 6.30. The van der Waals surface area contributed by atoms with Crippen molar-refractivity contribution in [3.63, 3.8) is 0 Å². The zero-order chi connectivity index (χ0) is 18.5. The predicted octanol–water partition coefficient (Wildman–Crippen LogP) is 3.25. The number of carbonyl (C=O) groups excluding carboxylic acids is 1. The highest BCUT2D eigenvalue weighted by atomic mass is 35.5. The Morgan fingerprint density at radius 1 is 1.19 bits per heavy atom. The quantitative estimate of drug-likeness (QED) is 0.690. The number of benzene rings is 1. The predicted molar refractivity (Wildman–Crippen MR) is 99.9 cm³/mol. The molecule has 0 saturated carbocycles. The summed E-state index contributed by atoms with van der Waals surface area (Å²) in [7, 11) is 3.22. The third kappa shape index (κ3) is 4.26. The van der Waals surface area contributed by atoms with E-state index in [1.807, 2.05) is 34.9 Å². The van der Waals surface area contributed by atoms with E-state index in [0.29, 0.717) is 24.4 Å². The number of aryl methyl sites for hydroxylation is 1. The first kappa shape index (κ1) is 18.1. The van der Waals surface area contributed by atoms with E-state index in [1.54, 1.807) is 26.5 Å². The van der Waals surface area contributed by atoms with Crippen LogP contribution in [0.15, 0.2) is 42.7 Å². The number of imidazole rings is 1. The largest absolute Gasteiger partial charge is 0.497 e. The minimum absolute atomic E-state index is 0.0510. The summed E-state index contributed by atoms with van der Waals surface area (Å²) in [5.74, 6) is 1.44. The molecular weight excluding hydrogens is 354 g/mol. The Morgan fingerprint density at radius 2 is 2.04 bits per heavy atom. The van der Waals surface area contributed by atoms with Gasteiger partial charge in [0.15, 0.2) is 0 Å². The summed E-state index contributed by atoms with van der Waals surface area (Å²) in [6.45, 7) is 0.368. The molecule has 0 bridgehead atoms. The molecule has 136 valence electrons. The van der Waals surface area contributed by atoms with Crippen molar-refractivity contribution in [1.82, 2.24) is 14.7 Å². The van der Waals surface area contributed by atoms with Gasteiger partial charge in [0, 0.05) is 18.8 Å². The highest BCUT2D eigenvalue weighted by Gasteiger charge is 2.09. The number of hydrogen-bond acceptors (Lipinski definition) is 4. The summed E-state index contributed by atoms with van der Waals surface area (Å²) in [5.41, 5.74) is 2.50. The SMILES string of the molecule is COc1ccc(OC)c(CCC(=O)NCc2cn3cc(Cl)ccc3n2)c1. The van der Waals surface area contributed by atoms with Gasteiger partial charge in [0.25, 0.3) is 0 Å². The van der Waals surface area contributed by atoms with Gasteiger partial charge in [-0.1, -0.05) is 11.6 Å². The van der Waals surface area contributed by atoms with Crippen LogP contribution in [0.4, 0.5) is 0 Å². The number of halogens is 1. The number of aromatic nitrogens is 2. The van der Waals surface area contributed by atoms with Gasteiger partial charge in [-0.25, -0.2) is 4.98 Å². The van der Waals surface area contributed by atoms with E-state index in [4.69, 9.17) is 21.1 Å². The van der Waals surface area contributed by atoms with Gasteiger partial charge in [-0.15, -0.1) is 0 Å². The van der Waals surface area contributed by atoms with E-state index in [-0.39, 0.29) is 5.91 Å². The average Bonchev–Trinajstić information content (AvgIpc) is 3.06. The topological polar surface area (TPSA) is 64.9 Å². The van der Waals surface area contributed by atoms with Gasteiger partial charge in [0.1, 0.15) is 17.1 Å². The van der Waals surface area contributed by atoms with Crippen LogP contribution >= 0.6 is 11.6 Å². The van der Waals surface area contributed by atoms with Crippen molar-refractivity contribution < 1.29 is 14.3 Å². The fourth-order valence-electron chi connectivity index (χ4n) is 2.71. The summed E-state index contributed by atoms with van der Waals surface area (Å²) in [5, 5.41) is 3.53. The number of ether oxygens (including phenoxy) is 2. The Hall–Kier alpha value is -2.73. The fourth-order valence-corrected chi connectivity index (χ4v) is 2.87. The Balaban J connectivity index is 1.57. The fraction of sp³-hybridized carbons (Fsp3) is 0.263. The second-order valence-corrected chi connectivity index (χ2v) is 6.24. The maximum atomic E-state index is 12.2. The maximum Gasteiger partial charge on any atom is 0.220 e. The molecule has 0 saturated heterocycles. The second kappa shape index (κ2) is 8.10. The molecule has 6 nitrogen and oxygen atoms in total. The molecule has 26 heavy (non-hydrogen) atoms. The number of carbonyl (C=O) groups is 1. The molecular formula is C19H20ClN3O3. The van der Waals surface area contributed by atoms with Crippen LogP contribution in [0.5, 0.6) is 11.5 Å². The smallest absolute Gasteiger partial charge is 0.220 e. The lowest BCUT2D eigenvalue weighted by Gasteiger charge is -2.10. The van der Waals surface area contributed by atoms with Crippen molar-refractivity contribution in [1.29, 1.82) is 0 Å². The number of pyridine rings is 1. The minimum Gasteiger partial charge on any atom is -0.497 e. The van der Waals surface area contributed by atoms with E-state index in [0.717, 1.165) is 28.4 Å². The summed E-state index contributed by atoms with van der Waals surface area (Å²) in [4.78, 5) is 16.6. The van der Waals surface area contributed by atoms with Gasteiger partial charge in [0.05, 0.1) is 31.5 Å². The Labute approximate surface area is 156 Å². The van der Waals surface area contributed by atoms with Crippen molar-refractivity contribution in [2.24, 2.45) is 0 Å². The van der Waals surface area contributed by atoms with Gasteiger partial charge in [-0.2, -0.15) is 0 Å². The third-order valence-corrected chi connectivity index (χ3v) is 4.26. The molecule has 2 heterocycles. The Morgan fingerprint density at radius 3 is 2.81 bits per heavy atom. The lowest BCUT2D eigenvalue weighted by molar-refractivity contribution is -0.121. The molecule has 0 atom stereocenters. The summed E-state index contributed by atoms with van der Waals surface area (Å²) in [6, 6.07) is 9.18. The van der Waals surface area contributed by atoms with Gasteiger partial charge in [0.2, 0.25) is 5.91 Å². The van der Waals surface area contributed by atoms with E-state index < -0.39 is 0 Å². The molecule has 0 aliphatic heterocycles. The number of methoxy groups -OCH3 is 2. The average molecular weight is 374 g/mol. The van der Waals surface area contributed by atoms with Crippen LogP contribution in [0.2, 0.25) is 5.02 Å². The first-order valence-corrected chi connectivity index (χ1v) is 8.57. The molecule has 1 amide bonds. The zero-order valence-electron chi connectivity index (χ0n) is 14.7. The normalized spacial score (nSPS) is 10.7. The molecule has 0 fully saturated rings. The number of nitrogens with one attached hydrogen (secondary N) is 1. The van der Waals surface area contributed by atoms with Crippen molar-refractivity contribution in [3.05, 3.63) is 59.0 Å². The molecule has 2 aromatic heterocycles. The minimum atomic E-state index is -0.0510. The summed E-state index contributed by atoms with van der Waals surface area (Å²) >= 11 is 5.96. The molecule has 0 radical (unpaired) electrons. The molecule has 3 rings (SSSR count). The van der Waals surface area contributed by atoms with E-state index in [9.17, 15) is 4.79 Å². The number of amides is 1. The Kier molecular flexibility index (Phi) is 5.63. The van der Waals surface area contributed by atoms with E-state index in [2.05, 4.69) is 10.3 Å². The van der Waals surface area contributed by atoms with Crippen LogP contribution in [0.3, 0.4) is 0 Å². The summed E-state index contributed by atoms with van der Waals surface area (Å²) in [6.07, 6.45) is 4.55. The second-order valence-electron chi connectivity index (χ2n) is 5.80. The van der Waals surface area contributed by atoms with Gasteiger partial charge in [-0.3, -0.25) is 4.79 Å². The van der Waals surface area contributed by atoms with Crippen molar-refractivity contribution in [2.45, 2.75) is 19.4 Å². The molecule has 0 spiro atoms. The molecule has 0 unspecified atom stereocenters. The highest BCUT2D eigenvalue weighted by Crippen LogP contribution is 2.25. The molecule has 7 heteroatoms. The number of rotatable bonds is 7. The number of nitrogens with zero attached hydrogens (tertiary/aromatic N) is 2. The van der Waals surface area contributed by atoms with Crippen LogP contribution in [-0.2, 0) is 17.8 Å². The lowest BCUT2D eigenvalue weighted by atomic mass is 10.1. The zero-order valence-corrected chi connectivity index (χ0v) is 15.4. The first-order valence-electron chi connectivity index (χ1n) is 8.20. The van der Waals surface area contributed by atoms with Crippen LogP contribution < -0.4 is 14.8 Å². The van der Waals surface area contributed by atoms with Gasteiger partial charge < -0.3 is 19.2 Å². The van der Waals surface area contributed by atoms with E-state index >= 15 is 0 Å². The number of hydrogen-bond donors (Lipinski definition) is 1. The monoisotopic (exact) mass is 373 g/mol. The lowest BCUT2D eigenvalue weighted by Crippen LogP contribution is -2.23. The first-order chi connectivity index (χ1) is 12.6. The van der Waals surface area contributed by atoms with Gasteiger partial charge in [-0.05, 0) is 42.3 Å². The maximum absolute atomic E-state index is 12.2. The molecule has 0 aliphatic carbocycles. The van der Waals surface area contributed by atoms with Crippen LogP contribution in [-0.4, -0.2) is 29.5 Å². The molecule has 0 aliphatic rings. The number of fused-ring (bicyclic) bond motifs is 1. The van der Waals surface area contributed by atoms with Crippen molar-refractivity contribution in [3.8, 4) is 11.5 Å². The van der Waals surface area contributed by atoms with Crippen LogP contribution in [0.1, 0.15) is 17.7 Å². The van der Waals surface area contributed by atoms with Crippen LogP contribution in [0.25, 0.3) is 5.65 Å². The Bertz CT molecular complexity index is 924. The van der Waals surface area contributed by atoms with Crippen LogP contribution in [0, 0.1) is 0 Å².